The van der Waals surface area contributed by atoms with Gasteiger partial charge in [-0.05, 0) is 45.1 Å². The van der Waals surface area contributed by atoms with Crippen LogP contribution in [-0.2, 0) is 9.47 Å². The van der Waals surface area contributed by atoms with Gasteiger partial charge in [-0.1, -0.05) is 0 Å². The Hall–Kier alpha value is -1.69. The summed E-state index contributed by atoms with van der Waals surface area (Å²) in [7, 11) is 0. The van der Waals surface area contributed by atoms with Crippen LogP contribution in [0.4, 0.5) is 17.2 Å². The zero-order valence-electron chi connectivity index (χ0n) is 21.4. The van der Waals surface area contributed by atoms with Crippen LogP contribution in [0.1, 0.15) is 12.8 Å². The largest absolute Gasteiger partial charge is 0.397 e. The van der Waals surface area contributed by atoms with Gasteiger partial charge in [0.25, 0.3) is 0 Å². The van der Waals surface area contributed by atoms with E-state index in [0.29, 0.717) is 0 Å². The van der Waals surface area contributed by atoms with Gasteiger partial charge >= 0.3 is 0 Å². The van der Waals surface area contributed by atoms with E-state index in [1.807, 2.05) is 0 Å². The van der Waals surface area contributed by atoms with Crippen LogP contribution in [0, 0.1) is 0 Å². The summed E-state index contributed by atoms with van der Waals surface area (Å²) in [4.78, 5) is 14.5. The molecule has 1 aromatic rings. The minimum Gasteiger partial charge on any atom is -0.397 e. The number of nitrogens with one attached hydrogen (secondary N) is 2. The van der Waals surface area contributed by atoms with Gasteiger partial charge in [-0.25, -0.2) is 4.98 Å². The van der Waals surface area contributed by atoms with E-state index in [0.717, 1.165) is 130 Å². The number of nitrogens with two attached hydrogens (primary N) is 1. The Morgan fingerprint density at radius 1 is 0.714 bits per heavy atom. The lowest BCUT2D eigenvalue weighted by Crippen LogP contribution is -2.46. The minimum absolute atomic E-state index is 0.732. The van der Waals surface area contributed by atoms with Crippen LogP contribution in [0.15, 0.2) is 12.3 Å². The zero-order valence-corrected chi connectivity index (χ0v) is 21.4. The molecule has 198 valence electrons. The van der Waals surface area contributed by atoms with Gasteiger partial charge in [0, 0.05) is 65.4 Å². The monoisotopic (exact) mass is 490 g/mol. The third-order valence-corrected chi connectivity index (χ3v) is 7.13. The van der Waals surface area contributed by atoms with Crippen molar-refractivity contribution in [3.05, 3.63) is 12.3 Å². The number of pyridine rings is 1. The lowest BCUT2D eigenvalue weighted by atomic mass is 10.2. The second-order valence-electron chi connectivity index (χ2n) is 9.70. The number of morpholine rings is 2. The van der Waals surface area contributed by atoms with E-state index in [4.69, 9.17) is 20.2 Å². The Morgan fingerprint density at radius 2 is 1.26 bits per heavy atom. The quantitative estimate of drug-likeness (QED) is 0.307. The summed E-state index contributed by atoms with van der Waals surface area (Å²) >= 11 is 0. The number of rotatable bonds is 14. The lowest BCUT2D eigenvalue weighted by Gasteiger charge is -2.38. The van der Waals surface area contributed by atoms with Gasteiger partial charge in [-0.3, -0.25) is 9.80 Å². The average Bonchev–Trinajstić information content (AvgIpc) is 2.90. The van der Waals surface area contributed by atoms with E-state index in [2.05, 4.69) is 36.3 Å². The number of nitrogens with zero attached hydrogens (tertiary/aromatic N) is 5. The Balaban J connectivity index is 1.13. The molecule has 35 heavy (non-hydrogen) atoms. The molecule has 4 rings (SSSR count). The van der Waals surface area contributed by atoms with E-state index >= 15 is 0 Å². The third kappa shape index (κ3) is 8.73. The first kappa shape index (κ1) is 26.4. The molecular weight excluding hydrogens is 444 g/mol. The lowest BCUT2D eigenvalue weighted by molar-refractivity contribution is 0.0374. The summed E-state index contributed by atoms with van der Waals surface area (Å²) in [6.45, 7) is 18.1. The maximum Gasteiger partial charge on any atom is 0.152 e. The van der Waals surface area contributed by atoms with Crippen molar-refractivity contribution in [1.29, 1.82) is 0 Å². The van der Waals surface area contributed by atoms with Crippen molar-refractivity contribution in [2.45, 2.75) is 12.8 Å². The number of hydrogen-bond donors (Lipinski definition) is 3. The van der Waals surface area contributed by atoms with E-state index in [-0.39, 0.29) is 0 Å². The Kier molecular flexibility index (Phi) is 11.1. The number of anilines is 3. The fraction of sp³-hybridized carbons (Fsp3) is 0.800. The SMILES string of the molecule is Nc1cnc2c(c1)N(CCNCCCN1CCOCC1)CCN2CCNCCCN1CCOCC1. The van der Waals surface area contributed by atoms with Crippen molar-refractivity contribution >= 4 is 17.2 Å². The molecule has 0 aliphatic carbocycles. The first-order valence-electron chi connectivity index (χ1n) is 13.6. The summed E-state index contributed by atoms with van der Waals surface area (Å²) in [5.41, 5.74) is 8.01. The molecule has 0 atom stereocenters. The fourth-order valence-corrected chi connectivity index (χ4v) is 5.04. The summed E-state index contributed by atoms with van der Waals surface area (Å²) in [5, 5.41) is 7.24. The molecule has 3 aliphatic rings. The van der Waals surface area contributed by atoms with Gasteiger partial charge in [0.1, 0.15) is 0 Å². The zero-order chi connectivity index (χ0) is 24.1. The first-order valence-corrected chi connectivity index (χ1v) is 13.6. The number of nitrogen functional groups attached to an aromatic ring is 1. The van der Waals surface area contributed by atoms with Crippen molar-refractivity contribution in [2.75, 3.05) is 134 Å². The molecule has 0 aromatic carbocycles. The highest BCUT2D eigenvalue weighted by Crippen LogP contribution is 2.32. The highest BCUT2D eigenvalue weighted by Gasteiger charge is 2.23. The van der Waals surface area contributed by atoms with E-state index in [9.17, 15) is 0 Å². The van der Waals surface area contributed by atoms with Crippen molar-refractivity contribution in [1.82, 2.24) is 25.4 Å². The first-order chi connectivity index (χ1) is 17.3. The molecule has 3 aliphatic heterocycles. The van der Waals surface area contributed by atoms with Gasteiger partial charge in [0.2, 0.25) is 0 Å². The van der Waals surface area contributed by atoms with Crippen molar-refractivity contribution < 1.29 is 9.47 Å². The molecular formula is C25H46N8O2. The van der Waals surface area contributed by atoms with Crippen molar-refractivity contribution in [2.24, 2.45) is 0 Å². The summed E-state index contributed by atoms with van der Waals surface area (Å²) in [5.74, 6) is 1.06. The molecule has 0 saturated carbocycles. The number of aromatic nitrogens is 1. The minimum atomic E-state index is 0.732. The molecule has 4 N–H and O–H groups in total. The average molecular weight is 491 g/mol. The Morgan fingerprint density at radius 3 is 1.86 bits per heavy atom. The third-order valence-electron chi connectivity index (χ3n) is 7.13. The number of fused-ring (bicyclic) bond motifs is 1. The second kappa shape index (κ2) is 14.8. The van der Waals surface area contributed by atoms with Gasteiger partial charge in [-0.2, -0.15) is 0 Å². The predicted molar refractivity (Wildman–Crippen MR) is 143 cm³/mol. The highest BCUT2D eigenvalue weighted by atomic mass is 16.5. The standard InChI is InChI=1S/C25H46N8O2/c26-23-21-24-25(29-22-23)33(10-6-28-4-2-8-31-15-19-35-20-16-31)12-11-32(24)9-5-27-3-1-7-30-13-17-34-18-14-30/h21-22,27-28H,1-20,26H2. The molecule has 10 nitrogen and oxygen atoms in total. The van der Waals surface area contributed by atoms with Crippen LogP contribution in [-0.4, -0.2) is 133 Å². The highest BCUT2D eigenvalue weighted by molar-refractivity contribution is 5.72. The molecule has 1 aromatic heterocycles. The van der Waals surface area contributed by atoms with Crippen LogP contribution in [0.3, 0.4) is 0 Å². The Labute approximate surface area is 211 Å². The molecule has 2 saturated heterocycles. The van der Waals surface area contributed by atoms with Gasteiger partial charge in [0.05, 0.1) is 44.0 Å². The molecule has 4 heterocycles. The van der Waals surface area contributed by atoms with Crippen LogP contribution < -0.4 is 26.2 Å². The number of ether oxygens (including phenoxy) is 2. The Bertz CT molecular complexity index is 727. The maximum atomic E-state index is 6.11. The normalized spacial score (nSPS) is 19.8. The van der Waals surface area contributed by atoms with Crippen molar-refractivity contribution in [3.63, 3.8) is 0 Å². The molecule has 0 bridgehead atoms. The fourth-order valence-electron chi connectivity index (χ4n) is 5.04. The van der Waals surface area contributed by atoms with Crippen molar-refractivity contribution in [3.8, 4) is 0 Å². The molecule has 0 spiro atoms. The van der Waals surface area contributed by atoms with Gasteiger partial charge < -0.3 is 35.6 Å². The van der Waals surface area contributed by atoms with E-state index < -0.39 is 0 Å². The molecule has 2 fully saturated rings. The molecule has 10 heteroatoms. The van der Waals surface area contributed by atoms with Gasteiger partial charge in [-0.15, -0.1) is 0 Å². The maximum absolute atomic E-state index is 6.11. The summed E-state index contributed by atoms with van der Waals surface area (Å²) < 4.78 is 10.9. The van der Waals surface area contributed by atoms with Gasteiger partial charge in [0.15, 0.2) is 5.82 Å². The number of hydrogen-bond acceptors (Lipinski definition) is 10. The van der Waals surface area contributed by atoms with E-state index in [1.54, 1.807) is 6.20 Å². The summed E-state index contributed by atoms with van der Waals surface area (Å²) in [6, 6.07) is 2.09. The molecule has 0 radical (unpaired) electrons. The van der Waals surface area contributed by atoms with Crippen LogP contribution in [0.5, 0.6) is 0 Å². The van der Waals surface area contributed by atoms with E-state index in [1.165, 1.54) is 18.5 Å². The topological polar surface area (TPSA) is 94.4 Å². The van der Waals surface area contributed by atoms with Crippen LogP contribution >= 0.6 is 0 Å². The van der Waals surface area contributed by atoms with Crippen LogP contribution in [0.2, 0.25) is 0 Å². The molecule has 0 amide bonds. The van der Waals surface area contributed by atoms with Crippen LogP contribution in [0.25, 0.3) is 0 Å². The molecule has 0 unspecified atom stereocenters. The second-order valence-corrected chi connectivity index (χ2v) is 9.70. The predicted octanol–water partition coefficient (Wildman–Crippen LogP) is -0.0860. The summed E-state index contributed by atoms with van der Waals surface area (Å²) in [6.07, 6.45) is 4.14. The smallest absolute Gasteiger partial charge is 0.152 e.